The van der Waals surface area contributed by atoms with Crippen molar-refractivity contribution in [3.63, 3.8) is 0 Å². The molecule has 0 bridgehead atoms. The van der Waals surface area contributed by atoms with E-state index in [1.807, 2.05) is 16.8 Å². The Balaban J connectivity index is 1.65. The molecule has 0 unspecified atom stereocenters. The SMILES string of the molecule is Cc1cc2nnn(CCOc3ccc(C(C)(C)C)cc3)c2cc1C. The van der Waals surface area contributed by atoms with Gasteiger partial charge in [-0.05, 0) is 60.2 Å². The van der Waals surface area contributed by atoms with Crippen LogP contribution >= 0.6 is 0 Å². The van der Waals surface area contributed by atoms with Crippen LogP contribution in [0.3, 0.4) is 0 Å². The molecular formula is C20H25N3O. The lowest BCUT2D eigenvalue weighted by Crippen LogP contribution is -2.11. The van der Waals surface area contributed by atoms with Crippen LogP contribution in [0.15, 0.2) is 36.4 Å². The van der Waals surface area contributed by atoms with Crippen molar-refractivity contribution in [1.82, 2.24) is 15.0 Å². The van der Waals surface area contributed by atoms with Crippen LogP contribution in [0.1, 0.15) is 37.5 Å². The number of ether oxygens (including phenoxy) is 1. The second-order valence-corrected chi connectivity index (χ2v) is 7.36. The molecule has 4 heteroatoms. The van der Waals surface area contributed by atoms with Crippen LogP contribution in [0, 0.1) is 13.8 Å². The fourth-order valence-electron chi connectivity index (χ4n) is 2.69. The maximum atomic E-state index is 5.86. The lowest BCUT2D eigenvalue weighted by atomic mass is 9.87. The molecular weight excluding hydrogens is 298 g/mol. The van der Waals surface area contributed by atoms with Crippen molar-refractivity contribution in [3.05, 3.63) is 53.1 Å². The number of aromatic nitrogens is 3. The third-order valence-corrected chi connectivity index (χ3v) is 4.42. The highest BCUT2D eigenvalue weighted by molar-refractivity contribution is 5.76. The molecule has 126 valence electrons. The second-order valence-electron chi connectivity index (χ2n) is 7.36. The van der Waals surface area contributed by atoms with Gasteiger partial charge in [0.2, 0.25) is 0 Å². The third kappa shape index (κ3) is 3.42. The predicted molar refractivity (Wildman–Crippen MR) is 97.6 cm³/mol. The van der Waals surface area contributed by atoms with Gasteiger partial charge in [-0.25, -0.2) is 4.68 Å². The molecule has 0 amide bonds. The van der Waals surface area contributed by atoms with Crippen LogP contribution in [0.25, 0.3) is 11.0 Å². The Labute approximate surface area is 143 Å². The van der Waals surface area contributed by atoms with E-state index in [9.17, 15) is 0 Å². The molecule has 0 radical (unpaired) electrons. The molecule has 0 N–H and O–H groups in total. The Hall–Kier alpha value is -2.36. The molecule has 0 saturated carbocycles. The highest BCUT2D eigenvalue weighted by Crippen LogP contribution is 2.24. The fraction of sp³-hybridized carbons (Fsp3) is 0.400. The second kappa shape index (κ2) is 6.27. The quantitative estimate of drug-likeness (QED) is 0.713. The van der Waals surface area contributed by atoms with Crippen LogP contribution in [0.5, 0.6) is 5.75 Å². The summed E-state index contributed by atoms with van der Waals surface area (Å²) in [5, 5.41) is 8.48. The Kier molecular flexibility index (Phi) is 4.31. The normalized spacial score (nSPS) is 11.9. The van der Waals surface area contributed by atoms with E-state index >= 15 is 0 Å². The maximum absolute atomic E-state index is 5.86. The van der Waals surface area contributed by atoms with Gasteiger partial charge in [-0.1, -0.05) is 38.1 Å². The zero-order chi connectivity index (χ0) is 17.3. The molecule has 4 nitrogen and oxygen atoms in total. The van der Waals surface area contributed by atoms with E-state index in [2.05, 4.69) is 69.2 Å². The van der Waals surface area contributed by atoms with Crippen molar-refractivity contribution in [2.24, 2.45) is 0 Å². The summed E-state index contributed by atoms with van der Waals surface area (Å²) in [5.41, 5.74) is 5.96. The highest BCUT2D eigenvalue weighted by Gasteiger charge is 2.13. The Bertz CT molecular complexity index is 842. The molecule has 0 spiro atoms. The van der Waals surface area contributed by atoms with Crippen molar-refractivity contribution in [1.29, 1.82) is 0 Å². The van der Waals surface area contributed by atoms with E-state index in [4.69, 9.17) is 4.74 Å². The minimum atomic E-state index is 0.161. The van der Waals surface area contributed by atoms with Crippen LogP contribution in [-0.4, -0.2) is 21.6 Å². The van der Waals surface area contributed by atoms with Gasteiger partial charge < -0.3 is 4.74 Å². The van der Waals surface area contributed by atoms with Gasteiger partial charge in [0.15, 0.2) is 0 Å². The molecule has 0 aliphatic rings. The summed E-state index contributed by atoms with van der Waals surface area (Å²) >= 11 is 0. The topological polar surface area (TPSA) is 39.9 Å². The van der Waals surface area contributed by atoms with Crippen LogP contribution in [0.2, 0.25) is 0 Å². The lowest BCUT2D eigenvalue weighted by Gasteiger charge is -2.19. The molecule has 24 heavy (non-hydrogen) atoms. The van der Waals surface area contributed by atoms with E-state index in [1.165, 1.54) is 16.7 Å². The molecule has 3 rings (SSSR count). The van der Waals surface area contributed by atoms with Gasteiger partial charge in [0.1, 0.15) is 17.9 Å². The van der Waals surface area contributed by atoms with E-state index < -0.39 is 0 Å². The first-order chi connectivity index (χ1) is 11.3. The van der Waals surface area contributed by atoms with Gasteiger partial charge in [-0.3, -0.25) is 0 Å². The minimum Gasteiger partial charge on any atom is -0.492 e. The lowest BCUT2D eigenvalue weighted by molar-refractivity contribution is 0.292. The summed E-state index contributed by atoms with van der Waals surface area (Å²) in [6.45, 7) is 12.1. The van der Waals surface area contributed by atoms with Crippen molar-refractivity contribution in [2.75, 3.05) is 6.61 Å². The number of benzene rings is 2. The number of rotatable bonds is 4. The Morgan fingerprint density at radius 1 is 1.00 bits per heavy atom. The molecule has 0 aliphatic carbocycles. The zero-order valence-corrected chi connectivity index (χ0v) is 15.1. The molecule has 2 aromatic carbocycles. The molecule has 1 heterocycles. The first-order valence-corrected chi connectivity index (χ1v) is 8.38. The molecule has 3 aromatic rings. The van der Waals surface area contributed by atoms with E-state index in [1.54, 1.807) is 0 Å². The molecule has 0 atom stereocenters. The summed E-state index contributed by atoms with van der Waals surface area (Å²) in [6, 6.07) is 12.6. The van der Waals surface area contributed by atoms with Crippen molar-refractivity contribution in [3.8, 4) is 5.75 Å². The van der Waals surface area contributed by atoms with E-state index in [-0.39, 0.29) is 5.41 Å². The monoisotopic (exact) mass is 323 g/mol. The van der Waals surface area contributed by atoms with Gasteiger partial charge in [-0.2, -0.15) is 0 Å². The third-order valence-electron chi connectivity index (χ3n) is 4.42. The van der Waals surface area contributed by atoms with Gasteiger partial charge in [0.05, 0.1) is 12.1 Å². The standard InChI is InChI=1S/C20H25N3O/c1-14-12-18-19(13-15(14)2)23(22-21-18)10-11-24-17-8-6-16(7-9-17)20(3,4)5/h6-9,12-13H,10-11H2,1-5H3. The van der Waals surface area contributed by atoms with Crippen LogP contribution < -0.4 is 4.74 Å². The number of aryl methyl sites for hydroxylation is 2. The summed E-state index contributed by atoms with van der Waals surface area (Å²) in [7, 11) is 0. The molecule has 0 saturated heterocycles. The summed E-state index contributed by atoms with van der Waals surface area (Å²) in [5.74, 6) is 0.888. The first-order valence-electron chi connectivity index (χ1n) is 8.38. The van der Waals surface area contributed by atoms with Crippen LogP contribution in [0.4, 0.5) is 0 Å². The molecule has 1 aromatic heterocycles. The predicted octanol–water partition coefficient (Wildman–Crippen LogP) is 4.42. The van der Waals surface area contributed by atoms with Crippen LogP contribution in [-0.2, 0) is 12.0 Å². The number of hydrogen-bond donors (Lipinski definition) is 0. The van der Waals surface area contributed by atoms with Gasteiger partial charge in [0.25, 0.3) is 0 Å². The van der Waals surface area contributed by atoms with Gasteiger partial charge in [0, 0.05) is 0 Å². The smallest absolute Gasteiger partial charge is 0.119 e. The number of hydrogen-bond acceptors (Lipinski definition) is 3. The van der Waals surface area contributed by atoms with Crippen molar-refractivity contribution in [2.45, 2.75) is 46.6 Å². The summed E-state index contributed by atoms with van der Waals surface area (Å²) in [4.78, 5) is 0. The Morgan fingerprint density at radius 3 is 2.33 bits per heavy atom. The Morgan fingerprint density at radius 2 is 1.67 bits per heavy atom. The maximum Gasteiger partial charge on any atom is 0.119 e. The fourth-order valence-corrected chi connectivity index (χ4v) is 2.69. The van der Waals surface area contributed by atoms with E-state index in [0.717, 1.165) is 16.8 Å². The largest absolute Gasteiger partial charge is 0.492 e. The van der Waals surface area contributed by atoms with Crippen molar-refractivity contribution >= 4 is 11.0 Å². The average Bonchev–Trinajstić information content (AvgIpc) is 2.90. The van der Waals surface area contributed by atoms with Gasteiger partial charge >= 0.3 is 0 Å². The summed E-state index contributed by atoms with van der Waals surface area (Å²) < 4.78 is 7.77. The highest BCUT2D eigenvalue weighted by atomic mass is 16.5. The first kappa shape index (κ1) is 16.5. The summed E-state index contributed by atoms with van der Waals surface area (Å²) in [6.07, 6.45) is 0. The van der Waals surface area contributed by atoms with Crippen molar-refractivity contribution < 1.29 is 4.74 Å². The molecule has 0 aliphatic heterocycles. The number of fused-ring (bicyclic) bond motifs is 1. The van der Waals surface area contributed by atoms with Gasteiger partial charge in [-0.15, -0.1) is 5.10 Å². The van der Waals surface area contributed by atoms with E-state index in [0.29, 0.717) is 13.2 Å². The average molecular weight is 323 g/mol. The minimum absolute atomic E-state index is 0.161. The number of nitrogens with zero attached hydrogens (tertiary/aromatic N) is 3. The zero-order valence-electron chi connectivity index (χ0n) is 15.1. The molecule has 0 fully saturated rings.